The van der Waals surface area contributed by atoms with E-state index in [0.29, 0.717) is 12.4 Å². The number of hydrogen-bond acceptors (Lipinski definition) is 8. The zero-order chi connectivity index (χ0) is 20.1. The molecule has 1 amide bonds. The van der Waals surface area contributed by atoms with Crippen molar-refractivity contribution >= 4 is 50.6 Å². The van der Waals surface area contributed by atoms with Gasteiger partial charge in [-0.05, 0) is 37.3 Å². The minimum absolute atomic E-state index is 0.0846. The third-order valence-electron chi connectivity index (χ3n) is 3.65. The Balaban J connectivity index is 1.66. The van der Waals surface area contributed by atoms with Crippen LogP contribution in [-0.2, 0) is 4.79 Å². The number of aromatic nitrogens is 1. The quantitative estimate of drug-likeness (QED) is 0.329. The number of thiazole rings is 1. The number of nitrogens with zero attached hydrogens (tertiary/aromatic N) is 2. The lowest BCUT2D eigenvalue weighted by Crippen LogP contribution is -2.15. The molecule has 0 atom stereocenters. The van der Waals surface area contributed by atoms with Crippen molar-refractivity contribution in [2.75, 3.05) is 24.8 Å². The highest BCUT2D eigenvalue weighted by Gasteiger charge is 2.17. The van der Waals surface area contributed by atoms with Crippen molar-refractivity contribution in [3.63, 3.8) is 0 Å². The van der Waals surface area contributed by atoms with Crippen molar-refractivity contribution in [3.05, 3.63) is 46.5 Å². The Morgan fingerprint density at radius 3 is 2.79 bits per heavy atom. The van der Waals surface area contributed by atoms with Crippen LogP contribution in [0, 0.1) is 10.1 Å². The topological polar surface area (TPSA) is 104 Å². The van der Waals surface area contributed by atoms with E-state index in [1.807, 2.05) is 25.1 Å². The molecule has 1 heterocycles. The monoisotopic (exact) mass is 419 g/mol. The van der Waals surface area contributed by atoms with Crippen LogP contribution in [0.4, 0.5) is 11.4 Å². The molecule has 0 fully saturated rings. The summed E-state index contributed by atoms with van der Waals surface area (Å²) in [6.45, 7) is 2.51. The number of carbonyl (C=O) groups excluding carboxylic acids is 1. The maximum absolute atomic E-state index is 12.2. The van der Waals surface area contributed by atoms with Crippen LogP contribution in [0.25, 0.3) is 10.2 Å². The normalized spacial score (nSPS) is 10.6. The first-order valence-corrected chi connectivity index (χ1v) is 10.1. The van der Waals surface area contributed by atoms with E-state index in [-0.39, 0.29) is 23.0 Å². The number of rotatable bonds is 8. The van der Waals surface area contributed by atoms with Gasteiger partial charge >= 0.3 is 0 Å². The van der Waals surface area contributed by atoms with Crippen LogP contribution in [0.5, 0.6) is 11.5 Å². The highest BCUT2D eigenvalue weighted by atomic mass is 32.2. The molecule has 28 heavy (non-hydrogen) atoms. The summed E-state index contributed by atoms with van der Waals surface area (Å²) in [6.07, 6.45) is 0. The molecular weight excluding hydrogens is 402 g/mol. The first kappa shape index (κ1) is 19.9. The van der Waals surface area contributed by atoms with Crippen molar-refractivity contribution in [3.8, 4) is 11.5 Å². The van der Waals surface area contributed by atoms with Crippen LogP contribution in [0.15, 0.2) is 40.7 Å². The number of amides is 1. The Hall–Kier alpha value is -2.85. The number of thioether (sulfide) groups is 1. The lowest BCUT2D eigenvalue weighted by Gasteiger charge is -2.07. The maximum Gasteiger partial charge on any atom is 0.296 e. The van der Waals surface area contributed by atoms with E-state index in [4.69, 9.17) is 9.47 Å². The largest absolute Gasteiger partial charge is 0.496 e. The molecule has 2 aromatic carbocycles. The Morgan fingerprint density at radius 1 is 1.29 bits per heavy atom. The lowest BCUT2D eigenvalue weighted by molar-refractivity contribution is -0.384. The average Bonchev–Trinajstić information content (AvgIpc) is 3.09. The molecule has 0 aliphatic rings. The molecular formula is C18H17N3O5S2. The van der Waals surface area contributed by atoms with Gasteiger partial charge in [0.05, 0.1) is 40.7 Å². The molecule has 146 valence electrons. The summed E-state index contributed by atoms with van der Waals surface area (Å²) < 4.78 is 12.2. The van der Waals surface area contributed by atoms with E-state index < -0.39 is 4.92 Å². The molecule has 0 unspecified atom stereocenters. The average molecular weight is 419 g/mol. The first-order valence-electron chi connectivity index (χ1n) is 8.28. The van der Waals surface area contributed by atoms with Crippen molar-refractivity contribution < 1.29 is 19.2 Å². The summed E-state index contributed by atoms with van der Waals surface area (Å²) in [6, 6.07) is 9.93. The van der Waals surface area contributed by atoms with Gasteiger partial charge in [-0.3, -0.25) is 14.9 Å². The smallest absolute Gasteiger partial charge is 0.296 e. The van der Waals surface area contributed by atoms with Gasteiger partial charge in [-0.25, -0.2) is 4.98 Å². The molecule has 0 saturated carbocycles. The molecule has 0 aliphatic heterocycles. The fourth-order valence-corrected chi connectivity index (χ4v) is 4.31. The molecule has 1 N–H and O–H groups in total. The molecule has 0 spiro atoms. The molecule has 3 aromatic rings. The van der Waals surface area contributed by atoms with Gasteiger partial charge in [0.2, 0.25) is 5.91 Å². The van der Waals surface area contributed by atoms with Gasteiger partial charge in [0, 0.05) is 0 Å². The van der Waals surface area contributed by atoms with Crippen LogP contribution in [0.2, 0.25) is 0 Å². The first-order chi connectivity index (χ1) is 13.5. The van der Waals surface area contributed by atoms with Crippen LogP contribution < -0.4 is 14.8 Å². The minimum atomic E-state index is -0.561. The van der Waals surface area contributed by atoms with E-state index in [2.05, 4.69) is 10.3 Å². The fraction of sp³-hybridized carbons (Fsp3) is 0.222. The van der Waals surface area contributed by atoms with E-state index in [9.17, 15) is 14.9 Å². The third-order valence-corrected chi connectivity index (χ3v) is 5.81. The van der Waals surface area contributed by atoms with Gasteiger partial charge in [-0.15, -0.1) is 11.3 Å². The van der Waals surface area contributed by atoms with Crippen LogP contribution >= 0.6 is 23.1 Å². The van der Waals surface area contributed by atoms with Crippen LogP contribution in [0.3, 0.4) is 0 Å². The molecule has 0 bridgehead atoms. The zero-order valence-electron chi connectivity index (χ0n) is 15.1. The molecule has 0 aliphatic carbocycles. The summed E-state index contributed by atoms with van der Waals surface area (Å²) in [4.78, 5) is 27.4. The van der Waals surface area contributed by atoms with Gasteiger partial charge in [0.25, 0.3) is 5.69 Å². The second-order valence-corrected chi connectivity index (χ2v) is 7.77. The number of anilines is 1. The molecule has 3 rings (SSSR count). The van der Waals surface area contributed by atoms with Gasteiger partial charge in [-0.2, -0.15) is 0 Å². The van der Waals surface area contributed by atoms with Crippen molar-refractivity contribution in [1.82, 2.24) is 4.98 Å². The Kier molecular flexibility index (Phi) is 6.32. The van der Waals surface area contributed by atoms with E-state index in [0.717, 1.165) is 20.3 Å². The summed E-state index contributed by atoms with van der Waals surface area (Å²) in [5, 5.41) is 13.8. The van der Waals surface area contributed by atoms with Crippen LogP contribution in [0.1, 0.15) is 6.92 Å². The van der Waals surface area contributed by atoms with Crippen LogP contribution in [-0.4, -0.2) is 35.3 Å². The van der Waals surface area contributed by atoms with E-state index in [1.54, 1.807) is 6.07 Å². The molecule has 8 nitrogen and oxygen atoms in total. The van der Waals surface area contributed by atoms with E-state index in [1.165, 1.54) is 42.3 Å². The summed E-state index contributed by atoms with van der Waals surface area (Å²) in [5.41, 5.74) is 0.741. The number of methoxy groups -OCH3 is 1. The number of nitrogens with one attached hydrogen (secondary N) is 1. The summed E-state index contributed by atoms with van der Waals surface area (Å²) >= 11 is 2.74. The predicted molar refractivity (Wildman–Crippen MR) is 110 cm³/mol. The summed E-state index contributed by atoms with van der Waals surface area (Å²) in [7, 11) is 1.42. The SMILES string of the molecule is CCOc1ccc2nc(SCC(=O)Nc3ccc(OC)cc3[N+](=O)[O-])sc2c1. The highest BCUT2D eigenvalue weighted by molar-refractivity contribution is 8.01. The third kappa shape index (κ3) is 4.70. The number of fused-ring (bicyclic) bond motifs is 1. The number of nitro groups is 1. The zero-order valence-corrected chi connectivity index (χ0v) is 16.8. The molecule has 0 saturated heterocycles. The van der Waals surface area contributed by atoms with Gasteiger partial charge < -0.3 is 14.8 Å². The van der Waals surface area contributed by atoms with Crippen molar-refractivity contribution in [2.45, 2.75) is 11.3 Å². The van der Waals surface area contributed by atoms with Gasteiger partial charge in [0.1, 0.15) is 17.2 Å². The molecule has 1 aromatic heterocycles. The maximum atomic E-state index is 12.2. The number of carbonyl (C=O) groups is 1. The number of hydrogen-bond donors (Lipinski definition) is 1. The highest BCUT2D eigenvalue weighted by Crippen LogP contribution is 2.33. The Morgan fingerprint density at radius 2 is 2.07 bits per heavy atom. The second kappa shape index (κ2) is 8.89. The van der Waals surface area contributed by atoms with Gasteiger partial charge in [-0.1, -0.05) is 11.8 Å². The van der Waals surface area contributed by atoms with Crippen molar-refractivity contribution in [1.29, 1.82) is 0 Å². The molecule has 10 heteroatoms. The van der Waals surface area contributed by atoms with Gasteiger partial charge in [0.15, 0.2) is 4.34 Å². The second-order valence-electron chi connectivity index (χ2n) is 5.52. The van der Waals surface area contributed by atoms with Crippen molar-refractivity contribution in [2.24, 2.45) is 0 Å². The number of ether oxygens (including phenoxy) is 2. The predicted octanol–water partition coefficient (Wildman–Crippen LogP) is 4.34. The summed E-state index contributed by atoms with van der Waals surface area (Å²) in [5.74, 6) is 0.855. The number of benzene rings is 2. The molecule has 0 radical (unpaired) electrons. The Bertz CT molecular complexity index is 1020. The fourth-order valence-electron chi connectivity index (χ4n) is 2.41. The Labute approximate surface area is 169 Å². The lowest BCUT2D eigenvalue weighted by atomic mass is 10.2. The minimum Gasteiger partial charge on any atom is -0.496 e. The van der Waals surface area contributed by atoms with E-state index >= 15 is 0 Å². The number of nitro benzene ring substituents is 1. The standard InChI is InChI=1S/C18H17N3O5S2/c1-3-26-12-5-7-14-16(9-12)28-18(20-14)27-10-17(22)19-13-6-4-11(25-2)8-15(13)21(23)24/h4-9H,3,10H2,1-2H3,(H,19,22).